The third-order valence-corrected chi connectivity index (χ3v) is 1.79. The minimum absolute atomic E-state index is 0.00919. The van der Waals surface area contributed by atoms with Crippen LogP contribution in [-0.4, -0.2) is 0 Å². The lowest BCUT2D eigenvalue weighted by Crippen LogP contribution is -2.05. The summed E-state index contributed by atoms with van der Waals surface area (Å²) in [6, 6.07) is 4.87. The van der Waals surface area contributed by atoms with Gasteiger partial charge in [-0.25, -0.2) is 0 Å². The summed E-state index contributed by atoms with van der Waals surface area (Å²) in [6.07, 6.45) is -4.50. The Labute approximate surface area is 83.7 Å². The van der Waals surface area contributed by atoms with Gasteiger partial charge in [-0.2, -0.15) is 18.4 Å². The van der Waals surface area contributed by atoms with Gasteiger partial charge in [-0.05, 0) is 23.8 Å². The van der Waals surface area contributed by atoms with E-state index in [1.54, 1.807) is 6.07 Å². The normalized spacial score (nSPS) is 11.1. The first kappa shape index (κ1) is 10.9. The zero-order chi connectivity index (χ0) is 10.8. The average Bonchev–Trinajstić information content (AvgIpc) is 2.02. The first-order chi connectivity index (χ1) is 6.43. The number of benzene rings is 1. The van der Waals surface area contributed by atoms with Crippen molar-refractivity contribution in [1.82, 2.24) is 0 Å². The standard InChI is InChI=1S/C9H5ClF3N/c10-8-4-6(1-2-14)3-7(5-8)9(11,12)13/h3-5H,1H2. The molecule has 1 nitrogen and oxygen atoms in total. The summed E-state index contributed by atoms with van der Waals surface area (Å²) in [5, 5.41) is 8.32. The Balaban J connectivity index is 3.15. The van der Waals surface area contributed by atoms with Crippen molar-refractivity contribution in [3.05, 3.63) is 34.3 Å². The van der Waals surface area contributed by atoms with E-state index in [0.29, 0.717) is 0 Å². The lowest BCUT2D eigenvalue weighted by atomic mass is 10.1. The zero-order valence-electron chi connectivity index (χ0n) is 6.90. The van der Waals surface area contributed by atoms with Gasteiger partial charge >= 0.3 is 6.18 Å². The largest absolute Gasteiger partial charge is 0.416 e. The van der Waals surface area contributed by atoms with E-state index in [-0.39, 0.29) is 17.0 Å². The third-order valence-electron chi connectivity index (χ3n) is 1.57. The van der Waals surface area contributed by atoms with Crippen LogP contribution in [-0.2, 0) is 12.6 Å². The number of nitrogens with zero attached hydrogens (tertiary/aromatic N) is 1. The fourth-order valence-electron chi connectivity index (χ4n) is 1.01. The van der Waals surface area contributed by atoms with Crippen LogP contribution in [0.15, 0.2) is 18.2 Å². The van der Waals surface area contributed by atoms with Crippen LogP contribution in [0.2, 0.25) is 5.02 Å². The first-order valence-electron chi connectivity index (χ1n) is 3.67. The molecule has 0 atom stereocenters. The van der Waals surface area contributed by atoms with Gasteiger partial charge in [0.05, 0.1) is 18.1 Å². The second kappa shape index (κ2) is 3.89. The Morgan fingerprint density at radius 3 is 2.43 bits per heavy atom. The number of hydrogen-bond acceptors (Lipinski definition) is 1. The van der Waals surface area contributed by atoms with Crippen molar-refractivity contribution in [3.63, 3.8) is 0 Å². The van der Waals surface area contributed by atoms with Crippen LogP contribution < -0.4 is 0 Å². The second-order valence-electron chi connectivity index (χ2n) is 2.68. The maximum atomic E-state index is 12.2. The molecule has 5 heteroatoms. The highest BCUT2D eigenvalue weighted by atomic mass is 35.5. The Hall–Kier alpha value is -1.21. The summed E-state index contributed by atoms with van der Waals surface area (Å²) in [6.45, 7) is 0. The molecule has 0 saturated heterocycles. The summed E-state index contributed by atoms with van der Waals surface area (Å²) >= 11 is 5.48. The summed E-state index contributed by atoms with van der Waals surface area (Å²) in [5.74, 6) is 0. The number of alkyl halides is 3. The van der Waals surface area contributed by atoms with E-state index < -0.39 is 11.7 Å². The predicted octanol–water partition coefficient (Wildman–Crippen LogP) is 3.42. The first-order valence-corrected chi connectivity index (χ1v) is 4.05. The van der Waals surface area contributed by atoms with E-state index in [2.05, 4.69) is 0 Å². The van der Waals surface area contributed by atoms with Crippen molar-refractivity contribution in [1.29, 1.82) is 5.26 Å². The van der Waals surface area contributed by atoms with Gasteiger partial charge in [-0.3, -0.25) is 0 Å². The molecule has 14 heavy (non-hydrogen) atoms. The highest BCUT2D eigenvalue weighted by Crippen LogP contribution is 2.31. The van der Waals surface area contributed by atoms with Crippen molar-refractivity contribution < 1.29 is 13.2 Å². The molecule has 0 aromatic heterocycles. The zero-order valence-corrected chi connectivity index (χ0v) is 7.65. The average molecular weight is 220 g/mol. The maximum absolute atomic E-state index is 12.2. The lowest BCUT2D eigenvalue weighted by Gasteiger charge is -2.08. The molecule has 0 aliphatic heterocycles. The van der Waals surface area contributed by atoms with E-state index in [9.17, 15) is 13.2 Å². The van der Waals surface area contributed by atoms with Crippen LogP contribution in [0, 0.1) is 11.3 Å². The molecule has 0 saturated carbocycles. The molecular weight excluding hydrogens is 215 g/mol. The van der Waals surface area contributed by atoms with Crippen LogP contribution in [0.4, 0.5) is 13.2 Å². The summed E-state index contributed by atoms with van der Waals surface area (Å²) in [7, 11) is 0. The third kappa shape index (κ3) is 2.64. The number of rotatable bonds is 1. The molecule has 0 spiro atoms. The van der Waals surface area contributed by atoms with E-state index in [1.807, 2.05) is 0 Å². The van der Waals surface area contributed by atoms with Gasteiger partial charge in [0, 0.05) is 5.02 Å². The smallest absolute Gasteiger partial charge is 0.198 e. The molecule has 74 valence electrons. The molecule has 1 rings (SSSR count). The number of hydrogen-bond donors (Lipinski definition) is 0. The second-order valence-corrected chi connectivity index (χ2v) is 3.12. The van der Waals surface area contributed by atoms with Gasteiger partial charge in [0.15, 0.2) is 0 Å². The van der Waals surface area contributed by atoms with Crippen molar-refractivity contribution in [2.75, 3.05) is 0 Å². The number of halogens is 4. The van der Waals surface area contributed by atoms with Crippen LogP contribution in [0.1, 0.15) is 11.1 Å². The number of nitriles is 1. The van der Waals surface area contributed by atoms with Gasteiger partial charge in [0.25, 0.3) is 0 Å². The van der Waals surface area contributed by atoms with Crippen molar-refractivity contribution >= 4 is 11.6 Å². The Morgan fingerprint density at radius 2 is 1.93 bits per heavy atom. The maximum Gasteiger partial charge on any atom is 0.416 e. The molecule has 0 unspecified atom stereocenters. The van der Waals surface area contributed by atoms with Gasteiger partial charge in [-0.1, -0.05) is 11.6 Å². The monoisotopic (exact) mass is 219 g/mol. The molecule has 0 fully saturated rings. The topological polar surface area (TPSA) is 23.8 Å². The van der Waals surface area contributed by atoms with Gasteiger partial charge in [0.1, 0.15) is 0 Å². The Kier molecular flexibility index (Phi) is 3.02. The van der Waals surface area contributed by atoms with Gasteiger partial charge < -0.3 is 0 Å². The van der Waals surface area contributed by atoms with E-state index in [1.165, 1.54) is 6.07 Å². The van der Waals surface area contributed by atoms with Crippen molar-refractivity contribution in [3.8, 4) is 6.07 Å². The quantitative estimate of drug-likeness (QED) is 0.710. The molecule has 0 bridgehead atoms. The van der Waals surface area contributed by atoms with Crippen LogP contribution in [0.3, 0.4) is 0 Å². The molecular formula is C9H5ClF3N. The van der Waals surface area contributed by atoms with E-state index in [4.69, 9.17) is 16.9 Å². The Bertz CT molecular complexity index is 379. The van der Waals surface area contributed by atoms with Crippen molar-refractivity contribution in [2.45, 2.75) is 12.6 Å². The molecule has 0 amide bonds. The minimum atomic E-state index is -4.42. The SMILES string of the molecule is N#CCc1cc(Cl)cc(C(F)(F)F)c1. The highest BCUT2D eigenvalue weighted by molar-refractivity contribution is 6.30. The Morgan fingerprint density at radius 1 is 1.29 bits per heavy atom. The van der Waals surface area contributed by atoms with Crippen LogP contribution in [0.5, 0.6) is 0 Å². The molecule has 0 aliphatic rings. The fraction of sp³-hybridized carbons (Fsp3) is 0.222. The molecule has 0 N–H and O–H groups in total. The highest BCUT2D eigenvalue weighted by Gasteiger charge is 2.30. The summed E-state index contributed by atoms with van der Waals surface area (Å²) < 4.78 is 36.7. The fourth-order valence-corrected chi connectivity index (χ4v) is 1.27. The van der Waals surface area contributed by atoms with Crippen molar-refractivity contribution in [2.24, 2.45) is 0 Å². The lowest BCUT2D eigenvalue weighted by molar-refractivity contribution is -0.137. The van der Waals surface area contributed by atoms with E-state index in [0.717, 1.165) is 12.1 Å². The minimum Gasteiger partial charge on any atom is -0.198 e. The van der Waals surface area contributed by atoms with Gasteiger partial charge in [-0.15, -0.1) is 0 Å². The molecule has 1 aromatic rings. The predicted molar refractivity (Wildman–Crippen MR) is 45.8 cm³/mol. The molecule has 0 heterocycles. The summed E-state index contributed by atoms with van der Waals surface area (Å²) in [5.41, 5.74) is -0.553. The van der Waals surface area contributed by atoms with Gasteiger partial charge in [0.2, 0.25) is 0 Å². The molecule has 1 aromatic carbocycles. The van der Waals surface area contributed by atoms with Crippen LogP contribution in [0.25, 0.3) is 0 Å². The van der Waals surface area contributed by atoms with Crippen LogP contribution >= 0.6 is 11.6 Å². The van der Waals surface area contributed by atoms with E-state index >= 15 is 0 Å². The molecule has 0 radical (unpaired) electrons. The molecule has 0 aliphatic carbocycles. The summed E-state index contributed by atoms with van der Waals surface area (Å²) in [4.78, 5) is 0.